The molecule has 6 nitrogen and oxygen atoms in total. The van der Waals surface area contributed by atoms with Crippen LogP contribution >= 0.6 is 11.3 Å². The van der Waals surface area contributed by atoms with Gasteiger partial charge in [-0.2, -0.15) is 0 Å². The molecule has 0 aliphatic rings. The fourth-order valence-corrected chi connectivity index (χ4v) is 3.60. The molecule has 8 heteroatoms. The summed E-state index contributed by atoms with van der Waals surface area (Å²) in [6, 6.07) is 5.77. The molecule has 0 bridgehead atoms. The van der Waals surface area contributed by atoms with Crippen molar-refractivity contribution in [3.05, 3.63) is 52.1 Å². The third kappa shape index (κ3) is 3.81. The molecule has 0 aliphatic heterocycles. The fraction of sp³-hybridized carbons (Fsp3) is 0.278. The van der Waals surface area contributed by atoms with Gasteiger partial charge < -0.3 is 10.1 Å². The van der Waals surface area contributed by atoms with E-state index < -0.39 is 0 Å². The van der Waals surface area contributed by atoms with Crippen molar-refractivity contribution in [1.29, 1.82) is 0 Å². The van der Waals surface area contributed by atoms with Crippen LogP contribution in [0.5, 0.6) is 0 Å². The first kappa shape index (κ1) is 18.2. The Morgan fingerprint density at radius 3 is 2.81 bits per heavy atom. The molecule has 2 heterocycles. The maximum Gasteiger partial charge on any atom is 0.263 e. The second kappa shape index (κ2) is 7.76. The predicted molar refractivity (Wildman–Crippen MR) is 98.8 cm³/mol. The molecule has 136 valence electrons. The molecule has 2 aromatic heterocycles. The minimum atomic E-state index is -0.342. The number of nitrogens with zero attached hydrogens (tertiary/aromatic N) is 2. The molecule has 1 N–H and O–H groups in total. The lowest BCUT2D eigenvalue weighted by Gasteiger charge is -2.13. The number of ether oxygens (including phenoxy) is 1. The van der Waals surface area contributed by atoms with Gasteiger partial charge in [0, 0.05) is 24.1 Å². The Balaban J connectivity index is 1.93. The number of methoxy groups -OCH3 is 1. The van der Waals surface area contributed by atoms with Crippen molar-refractivity contribution < 1.29 is 13.9 Å². The fourth-order valence-electron chi connectivity index (χ4n) is 2.69. The molecule has 0 radical (unpaired) electrons. The first-order valence-electron chi connectivity index (χ1n) is 8.00. The lowest BCUT2D eigenvalue weighted by atomic mass is 10.1. The highest BCUT2D eigenvalue weighted by atomic mass is 32.1. The summed E-state index contributed by atoms with van der Waals surface area (Å²) >= 11 is 1.34. The normalized spacial score (nSPS) is 12.3. The molecule has 0 spiro atoms. The van der Waals surface area contributed by atoms with Crippen molar-refractivity contribution in [2.24, 2.45) is 0 Å². The van der Waals surface area contributed by atoms with Crippen molar-refractivity contribution in [2.45, 2.75) is 19.5 Å². The van der Waals surface area contributed by atoms with Gasteiger partial charge in [-0.25, -0.2) is 9.37 Å². The topological polar surface area (TPSA) is 73.2 Å². The number of fused-ring (bicyclic) bond motifs is 1. The second-order valence-corrected chi connectivity index (χ2v) is 6.80. The highest BCUT2D eigenvalue weighted by Crippen LogP contribution is 2.30. The summed E-state index contributed by atoms with van der Waals surface area (Å²) in [7, 11) is 1.55. The first-order chi connectivity index (χ1) is 12.5. The van der Waals surface area contributed by atoms with Crippen LogP contribution in [0.1, 0.15) is 6.92 Å². The van der Waals surface area contributed by atoms with E-state index in [0.29, 0.717) is 22.4 Å². The summed E-state index contributed by atoms with van der Waals surface area (Å²) in [5.41, 5.74) is 1.11. The van der Waals surface area contributed by atoms with E-state index in [4.69, 9.17) is 4.74 Å². The van der Waals surface area contributed by atoms with Crippen LogP contribution in [0.2, 0.25) is 0 Å². The molecule has 1 unspecified atom stereocenters. The van der Waals surface area contributed by atoms with E-state index in [1.807, 2.05) is 12.3 Å². The molecule has 0 fully saturated rings. The van der Waals surface area contributed by atoms with E-state index in [1.165, 1.54) is 34.4 Å². The summed E-state index contributed by atoms with van der Waals surface area (Å²) in [4.78, 5) is 29.8. The Morgan fingerprint density at radius 1 is 1.38 bits per heavy atom. The maximum absolute atomic E-state index is 13.2. The van der Waals surface area contributed by atoms with Gasteiger partial charge in [0.25, 0.3) is 5.56 Å². The van der Waals surface area contributed by atoms with Gasteiger partial charge in [-0.3, -0.25) is 14.2 Å². The molecular weight excluding hydrogens is 357 g/mol. The largest absolute Gasteiger partial charge is 0.383 e. The van der Waals surface area contributed by atoms with Crippen molar-refractivity contribution >= 4 is 27.5 Å². The number of amides is 1. The second-order valence-electron chi connectivity index (χ2n) is 5.94. The molecular formula is C18H18FN3O3S. The SMILES string of the molecule is COCC(C)NC(=O)Cn1cnc2scc(-c3ccc(F)cc3)c2c1=O. The van der Waals surface area contributed by atoms with Gasteiger partial charge in [-0.05, 0) is 24.6 Å². The smallest absolute Gasteiger partial charge is 0.263 e. The number of nitrogens with one attached hydrogen (secondary N) is 1. The zero-order chi connectivity index (χ0) is 18.7. The van der Waals surface area contributed by atoms with Crippen LogP contribution in [0.4, 0.5) is 4.39 Å². The standard InChI is InChI=1S/C18H18FN3O3S/c1-11(8-25-2)21-15(23)7-22-10-20-17-16(18(22)24)14(9-26-17)12-3-5-13(19)6-4-12/h3-6,9-11H,7-8H2,1-2H3,(H,21,23). The molecule has 0 saturated carbocycles. The number of hydrogen-bond donors (Lipinski definition) is 1. The summed E-state index contributed by atoms with van der Waals surface area (Å²) in [6.45, 7) is 2.07. The van der Waals surface area contributed by atoms with E-state index in [1.54, 1.807) is 19.2 Å². The van der Waals surface area contributed by atoms with Crippen molar-refractivity contribution in [1.82, 2.24) is 14.9 Å². The lowest BCUT2D eigenvalue weighted by molar-refractivity contribution is -0.122. The van der Waals surface area contributed by atoms with Crippen LogP contribution < -0.4 is 10.9 Å². The minimum absolute atomic E-state index is 0.130. The minimum Gasteiger partial charge on any atom is -0.383 e. The number of rotatable bonds is 6. The molecule has 1 amide bonds. The van der Waals surface area contributed by atoms with E-state index in [0.717, 1.165) is 5.56 Å². The number of hydrogen-bond acceptors (Lipinski definition) is 5. The molecule has 1 aromatic carbocycles. The van der Waals surface area contributed by atoms with Crippen LogP contribution in [0.3, 0.4) is 0 Å². The van der Waals surface area contributed by atoms with E-state index in [2.05, 4.69) is 10.3 Å². The predicted octanol–water partition coefficient (Wildman–Crippen LogP) is 2.42. The number of thiophene rings is 1. The van der Waals surface area contributed by atoms with E-state index >= 15 is 0 Å². The van der Waals surface area contributed by atoms with Crippen LogP contribution in [-0.4, -0.2) is 35.2 Å². The van der Waals surface area contributed by atoms with Crippen LogP contribution in [0, 0.1) is 5.82 Å². The molecule has 3 aromatic rings. The van der Waals surface area contributed by atoms with Gasteiger partial charge in [-0.15, -0.1) is 11.3 Å². The summed E-state index contributed by atoms with van der Waals surface area (Å²) < 4.78 is 19.4. The molecule has 26 heavy (non-hydrogen) atoms. The van der Waals surface area contributed by atoms with Crippen molar-refractivity contribution in [2.75, 3.05) is 13.7 Å². The van der Waals surface area contributed by atoms with Gasteiger partial charge in [-0.1, -0.05) is 12.1 Å². The highest BCUT2D eigenvalue weighted by Gasteiger charge is 2.15. The van der Waals surface area contributed by atoms with Crippen LogP contribution in [0.25, 0.3) is 21.3 Å². The number of benzene rings is 1. The lowest BCUT2D eigenvalue weighted by Crippen LogP contribution is -2.39. The van der Waals surface area contributed by atoms with Gasteiger partial charge in [0.05, 0.1) is 18.3 Å². The van der Waals surface area contributed by atoms with Crippen molar-refractivity contribution in [3.63, 3.8) is 0 Å². The average molecular weight is 375 g/mol. The Kier molecular flexibility index (Phi) is 5.43. The zero-order valence-electron chi connectivity index (χ0n) is 14.4. The zero-order valence-corrected chi connectivity index (χ0v) is 15.2. The summed E-state index contributed by atoms with van der Waals surface area (Å²) in [5, 5.41) is 5.01. The average Bonchev–Trinajstić information content (AvgIpc) is 3.03. The number of halogens is 1. The highest BCUT2D eigenvalue weighted by molar-refractivity contribution is 7.17. The monoisotopic (exact) mass is 375 g/mol. The van der Waals surface area contributed by atoms with Gasteiger partial charge in [0.1, 0.15) is 17.2 Å². The summed E-state index contributed by atoms with van der Waals surface area (Å²) in [5.74, 6) is -0.637. The van der Waals surface area contributed by atoms with Gasteiger partial charge >= 0.3 is 0 Å². The maximum atomic E-state index is 13.2. The third-order valence-electron chi connectivity index (χ3n) is 3.85. The molecule has 3 rings (SSSR count). The Labute approximate surface area is 153 Å². The Bertz CT molecular complexity index is 982. The summed E-state index contributed by atoms with van der Waals surface area (Å²) in [6.07, 6.45) is 1.37. The molecule has 0 aliphatic carbocycles. The van der Waals surface area contributed by atoms with Crippen LogP contribution in [-0.2, 0) is 16.1 Å². The van der Waals surface area contributed by atoms with Gasteiger partial charge in [0.15, 0.2) is 0 Å². The number of carbonyl (C=O) groups excluding carboxylic acids is 1. The van der Waals surface area contributed by atoms with E-state index in [9.17, 15) is 14.0 Å². The number of aromatic nitrogens is 2. The number of carbonyl (C=O) groups is 1. The van der Waals surface area contributed by atoms with Crippen molar-refractivity contribution in [3.8, 4) is 11.1 Å². The Hall–Kier alpha value is -2.58. The van der Waals surface area contributed by atoms with Crippen LogP contribution in [0.15, 0.2) is 40.8 Å². The molecule has 1 atom stereocenters. The van der Waals surface area contributed by atoms with Gasteiger partial charge in [0.2, 0.25) is 5.91 Å². The first-order valence-corrected chi connectivity index (χ1v) is 8.88. The quantitative estimate of drug-likeness (QED) is 0.718. The molecule has 0 saturated heterocycles. The Morgan fingerprint density at radius 2 is 2.12 bits per heavy atom. The van der Waals surface area contributed by atoms with E-state index in [-0.39, 0.29) is 29.9 Å². The third-order valence-corrected chi connectivity index (χ3v) is 4.74.